The number of aliphatic hydroxyl groups excluding tert-OH is 1. The molecule has 0 amide bonds. The predicted molar refractivity (Wildman–Crippen MR) is 77.0 cm³/mol. The normalized spacial score (nSPS) is 36.0. The molecule has 4 heteroatoms. The van der Waals surface area contributed by atoms with Crippen molar-refractivity contribution in [3.05, 3.63) is 0 Å². The van der Waals surface area contributed by atoms with E-state index in [1.165, 1.54) is 24.3 Å². The van der Waals surface area contributed by atoms with Crippen molar-refractivity contribution in [1.82, 2.24) is 0 Å². The third kappa shape index (κ3) is 4.34. The van der Waals surface area contributed by atoms with Gasteiger partial charge in [0.2, 0.25) is 0 Å². The van der Waals surface area contributed by atoms with Crippen LogP contribution in [0.25, 0.3) is 0 Å². The van der Waals surface area contributed by atoms with Gasteiger partial charge in [-0.25, -0.2) is 0 Å². The summed E-state index contributed by atoms with van der Waals surface area (Å²) in [6.45, 7) is 3.20. The van der Waals surface area contributed by atoms with E-state index < -0.39 is 0 Å². The monoisotopic (exact) mass is 276 g/mol. The maximum atomic E-state index is 10.2. The Kier molecular flexibility index (Phi) is 6.00. The van der Waals surface area contributed by atoms with Crippen molar-refractivity contribution in [1.29, 1.82) is 0 Å². The van der Waals surface area contributed by atoms with Gasteiger partial charge in [-0.3, -0.25) is 0 Å². The van der Waals surface area contributed by atoms with Crippen LogP contribution in [0.3, 0.4) is 0 Å². The molecule has 0 aliphatic carbocycles. The van der Waals surface area contributed by atoms with Crippen molar-refractivity contribution in [3.63, 3.8) is 0 Å². The number of hydrogen-bond acceptors (Lipinski definition) is 4. The first kappa shape index (κ1) is 14.0. The quantitative estimate of drug-likeness (QED) is 0.836. The molecule has 2 aliphatic heterocycles. The molecule has 2 aliphatic rings. The molecular weight excluding hydrogens is 252 g/mol. The van der Waals surface area contributed by atoms with Crippen LogP contribution in [0.15, 0.2) is 0 Å². The summed E-state index contributed by atoms with van der Waals surface area (Å²) in [5.41, 5.74) is 0. The van der Waals surface area contributed by atoms with E-state index >= 15 is 0 Å². The summed E-state index contributed by atoms with van der Waals surface area (Å²) in [6, 6.07) is 0. The fraction of sp³-hybridized carbons (Fsp3) is 1.00. The molecule has 2 saturated heterocycles. The molecular formula is C13H24O2S2. The first-order chi connectivity index (χ1) is 8.27. The van der Waals surface area contributed by atoms with Crippen LogP contribution in [0, 0.1) is 0 Å². The average molecular weight is 276 g/mol. The summed E-state index contributed by atoms with van der Waals surface area (Å²) in [5.74, 6) is 2.44. The van der Waals surface area contributed by atoms with Gasteiger partial charge in [0.25, 0.3) is 0 Å². The minimum Gasteiger partial charge on any atom is -0.392 e. The Balaban J connectivity index is 1.63. The maximum absolute atomic E-state index is 10.2. The number of ether oxygens (including phenoxy) is 1. The lowest BCUT2D eigenvalue weighted by Crippen LogP contribution is -2.34. The molecule has 0 radical (unpaired) electrons. The summed E-state index contributed by atoms with van der Waals surface area (Å²) >= 11 is 3.97. The van der Waals surface area contributed by atoms with Gasteiger partial charge in [0, 0.05) is 28.6 Å². The Morgan fingerprint density at radius 3 is 2.88 bits per heavy atom. The van der Waals surface area contributed by atoms with E-state index in [0.29, 0.717) is 16.6 Å². The van der Waals surface area contributed by atoms with E-state index in [1.807, 2.05) is 23.5 Å². The molecule has 0 aromatic carbocycles. The number of rotatable bonds is 5. The first-order valence-electron chi connectivity index (χ1n) is 6.80. The minimum atomic E-state index is -0.121. The molecule has 4 unspecified atom stereocenters. The summed E-state index contributed by atoms with van der Waals surface area (Å²) in [4.78, 5) is 0. The van der Waals surface area contributed by atoms with Crippen molar-refractivity contribution in [3.8, 4) is 0 Å². The second-order valence-electron chi connectivity index (χ2n) is 5.04. The molecule has 0 bridgehead atoms. The molecule has 0 saturated carbocycles. The third-order valence-electron chi connectivity index (χ3n) is 3.67. The molecule has 2 heterocycles. The van der Waals surface area contributed by atoms with Crippen molar-refractivity contribution < 1.29 is 9.84 Å². The lowest BCUT2D eigenvalue weighted by molar-refractivity contribution is 0.0941. The zero-order valence-electron chi connectivity index (χ0n) is 10.6. The highest BCUT2D eigenvalue weighted by Gasteiger charge is 2.29. The lowest BCUT2D eigenvalue weighted by atomic mass is 10.0. The van der Waals surface area contributed by atoms with Gasteiger partial charge in [-0.1, -0.05) is 6.92 Å². The van der Waals surface area contributed by atoms with Gasteiger partial charge in [0.05, 0.1) is 12.2 Å². The molecule has 0 aromatic heterocycles. The highest BCUT2D eigenvalue weighted by atomic mass is 32.2. The summed E-state index contributed by atoms with van der Waals surface area (Å²) in [7, 11) is 0. The fourth-order valence-corrected chi connectivity index (χ4v) is 5.55. The average Bonchev–Trinajstić information content (AvgIpc) is 2.82. The van der Waals surface area contributed by atoms with Crippen LogP contribution in [0.2, 0.25) is 0 Å². The predicted octanol–water partition coefficient (Wildman–Crippen LogP) is 2.93. The molecule has 1 N–H and O–H groups in total. The highest BCUT2D eigenvalue weighted by molar-refractivity contribution is 8.07. The van der Waals surface area contributed by atoms with Crippen molar-refractivity contribution in [2.75, 3.05) is 18.1 Å². The van der Waals surface area contributed by atoms with Crippen LogP contribution in [-0.4, -0.2) is 45.9 Å². The number of aliphatic hydroxyl groups is 1. The van der Waals surface area contributed by atoms with Gasteiger partial charge < -0.3 is 9.84 Å². The lowest BCUT2D eigenvalue weighted by Gasteiger charge is -2.31. The molecule has 100 valence electrons. The summed E-state index contributed by atoms with van der Waals surface area (Å²) in [6.07, 6.45) is 6.00. The molecule has 2 rings (SSSR count). The highest BCUT2D eigenvalue weighted by Crippen LogP contribution is 2.34. The Hall–Kier alpha value is 0.620. The van der Waals surface area contributed by atoms with Crippen LogP contribution in [-0.2, 0) is 4.74 Å². The van der Waals surface area contributed by atoms with Gasteiger partial charge in [0.15, 0.2) is 0 Å². The molecule has 2 nitrogen and oxygen atoms in total. The van der Waals surface area contributed by atoms with Gasteiger partial charge in [-0.05, 0) is 32.1 Å². The second-order valence-corrected chi connectivity index (χ2v) is 7.82. The molecule has 0 spiro atoms. The molecule has 2 fully saturated rings. The molecule has 17 heavy (non-hydrogen) atoms. The smallest absolute Gasteiger partial charge is 0.0669 e. The van der Waals surface area contributed by atoms with E-state index in [0.717, 1.165) is 25.9 Å². The Morgan fingerprint density at radius 2 is 2.18 bits per heavy atom. The Labute approximate surface area is 113 Å². The van der Waals surface area contributed by atoms with Crippen LogP contribution in [0.4, 0.5) is 0 Å². The minimum absolute atomic E-state index is 0.121. The van der Waals surface area contributed by atoms with Gasteiger partial charge in [-0.2, -0.15) is 23.5 Å². The maximum Gasteiger partial charge on any atom is 0.0669 e. The second kappa shape index (κ2) is 7.27. The number of thioether (sulfide) groups is 2. The van der Waals surface area contributed by atoms with E-state index in [4.69, 9.17) is 4.74 Å². The van der Waals surface area contributed by atoms with E-state index in [1.54, 1.807) is 0 Å². The van der Waals surface area contributed by atoms with Gasteiger partial charge >= 0.3 is 0 Å². The summed E-state index contributed by atoms with van der Waals surface area (Å²) < 4.78 is 5.61. The SMILES string of the molecule is CC1SCCSC1C(O)CCCC1CCCO1. The molecule has 4 atom stereocenters. The first-order valence-corrected chi connectivity index (χ1v) is 8.90. The zero-order valence-corrected chi connectivity index (χ0v) is 12.3. The fourth-order valence-electron chi connectivity index (χ4n) is 2.66. The number of hydrogen-bond donors (Lipinski definition) is 1. The van der Waals surface area contributed by atoms with Crippen molar-refractivity contribution >= 4 is 23.5 Å². The Morgan fingerprint density at radius 1 is 1.35 bits per heavy atom. The van der Waals surface area contributed by atoms with Crippen LogP contribution in [0.5, 0.6) is 0 Å². The molecule has 0 aromatic rings. The van der Waals surface area contributed by atoms with Crippen LogP contribution >= 0.6 is 23.5 Å². The van der Waals surface area contributed by atoms with Gasteiger partial charge in [0.1, 0.15) is 0 Å². The largest absolute Gasteiger partial charge is 0.392 e. The van der Waals surface area contributed by atoms with E-state index in [9.17, 15) is 5.11 Å². The topological polar surface area (TPSA) is 29.5 Å². The standard InChI is InChI=1S/C13H24O2S2/c1-10-13(17-9-8-16-10)12(14)6-2-4-11-5-3-7-15-11/h10-14H,2-9H2,1H3. The van der Waals surface area contributed by atoms with E-state index in [2.05, 4.69) is 6.92 Å². The zero-order chi connectivity index (χ0) is 12.1. The van der Waals surface area contributed by atoms with Crippen molar-refractivity contribution in [2.24, 2.45) is 0 Å². The third-order valence-corrected chi connectivity index (χ3v) is 6.90. The van der Waals surface area contributed by atoms with Crippen LogP contribution in [0.1, 0.15) is 39.0 Å². The summed E-state index contributed by atoms with van der Waals surface area (Å²) in [5, 5.41) is 11.3. The van der Waals surface area contributed by atoms with Crippen LogP contribution < -0.4 is 0 Å². The van der Waals surface area contributed by atoms with Gasteiger partial charge in [-0.15, -0.1) is 0 Å². The van der Waals surface area contributed by atoms with E-state index in [-0.39, 0.29) is 6.10 Å². The van der Waals surface area contributed by atoms with Crippen molar-refractivity contribution in [2.45, 2.75) is 61.7 Å². The Bertz CT molecular complexity index is 219.